The molecule has 0 atom stereocenters. The van der Waals surface area contributed by atoms with Gasteiger partial charge in [0.15, 0.2) is 0 Å². The minimum Gasteiger partial charge on any atom is -0.355 e. The lowest BCUT2D eigenvalue weighted by molar-refractivity contribution is 1.14. The van der Waals surface area contributed by atoms with E-state index in [0.717, 1.165) is 37.1 Å². The van der Waals surface area contributed by atoms with Crippen LogP contribution < -0.4 is 0 Å². The van der Waals surface area contributed by atoms with Crippen LogP contribution in [0.25, 0.3) is 33.2 Å². The Balaban J connectivity index is 2.13. The van der Waals surface area contributed by atoms with E-state index in [9.17, 15) is 0 Å². The van der Waals surface area contributed by atoms with Gasteiger partial charge in [0.2, 0.25) is 0 Å². The van der Waals surface area contributed by atoms with Gasteiger partial charge in [-0.3, -0.25) is 0 Å². The van der Waals surface area contributed by atoms with E-state index < -0.39 is 0 Å². The number of rotatable bonds is 4. The number of fused-ring (bicyclic) bond motifs is 6. The number of aromatic amines is 2. The molecule has 1 aliphatic heterocycles. The third-order valence-corrected chi connectivity index (χ3v) is 6.86. The first kappa shape index (κ1) is 22.1. The van der Waals surface area contributed by atoms with E-state index in [-0.39, 0.29) is 0 Å². The smallest absolute Gasteiger partial charge is 0.0672 e. The van der Waals surface area contributed by atoms with Gasteiger partial charge in [0, 0.05) is 22.1 Å². The van der Waals surface area contributed by atoms with Crippen molar-refractivity contribution in [3.05, 3.63) is 76.1 Å². The normalized spacial score (nSPS) is 12.4. The quantitative estimate of drug-likeness (QED) is 0.436. The average Bonchev–Trinajstić information content (AvgIpc) is 3.38. The molecule has 0 saturated carbocycles. The lowest BCUT2D eigenvalue weighted by atomic mass is 10.0. The second kappa shape index (κ2) is 9.20. The van der Waals surface area contributed by atoms with Crippen molar-refractivity contribution in [2.24, 2.45) is 0 Å². The Kier molecular flexibility index (Phi) is 6.36. The molecular formula is C29H35N3. The molecule has 3 aromatic heterocycles. The van der Waals surface area contributed by atoms with E-state index in [1.807, 2.05) is 0 Å². The molecule has 6 bridgehead atoms. The summed E-state index contributed by atoms with van der Waals surface area (Å²) < 4.78 is 0. The lowest BCUT2D eigenvalue weighted by Crippen LogP contribution is -1.82. The van der Waals surface area contributed by atoms with Crippen molar-refractivity contribution in [2.75, 3.05) is 0 Å². The number of nitrogens with zero attached hydrogens (tertiary/aromatic N) is 1. The van der Waals surface area contributed by atoms with E-state index in [4.69, 9.17) is 4.98 Å². The summed E-state index contributed by atoms with van der Waals surface area (Å²) >= 11 is 0. The molecule has 0 unspecified atom stereocenters. The van der Waals surface area contributed by atoms with Crippen LogP contribution in [-0.2, 0) is 12.8 Å². The standard InChI is InChI=1S/C29H35N3/c1-7-20-18(5)24-13-11-15-26-22(9-3)23(10-4)27(32-26)16-12-14-25-19(6)21(8-2)29(31-25)17-28(20)30-24/h11-17,30-31H,7-10H2,1-6H3. The molecule has 0 spiro atoms. The van der Waals surface area contributed by atoms with Gasteiger partial charge in [-0.05, 0) is 103 Å². The van der Waals surface area contributed by atoms with E-state index >= 15 is 0 Å². The maximum Gasteiger partial charge on any atom is 0.0672 e. The first-order valence-electron chi connectivity index (χ1n) is 12.0. The summed E-state index contributed by atoms with van der Waals surface area (Å²) in [6.07, 6.45) is 3.99. The molecule has 3 aromatic rings. The Bertz CT molecular complexity index is 1230. The van der Waals surface area contributed by atoms with E-state index in [1.165, 1.54) is 55.5 Å². The fourth-order valence-corrected chi connectivity index (χ4v) is 5.10. The summed E-state index contributed by atoms with van der Waals surface area (Å²) in [7, 11) is 0. The molecule has 166 valence electrons. The second-order valence-electron chi connectivity index (χ2n) is 8.56. The predicted molar refractivity (Wildman–Crippen MR) is 139 cm³/mol. The predicted octanol–water partition coefficient (Wildman–Crippen LogP) is 8.08. The van der Waals surface area contributed by atoms with Gasteiger partial charge in [0.25, 0.3) is 0 Å². The monoisotopic (exact) mass is 425 g/mol. The molecular weight excluding hydrogens is 390 g/mol. The van der Waals surface area contributed by atoms with Crippen molar-refractivity contribution < 1.29 is 0 Å². The summed E-state index contributed by atoms with van der Waals surface area (Å²) in [6.45, 7) is 13.3. The summed E-state index contributed by atoms with van der Waals surface area (Å²) in [5.41, 5.74) is 15.0. The minimum atomic E-state index is 0.993. The van der Waals surface area contributed by atoms with Crippen molar-refractivity contribution in [1.82, 2.24) is 15.0 Å². The van der Waals surface area contributed by atoms with Crippen molar-refractivity contribution in [3.8, 4) is 0 Å². The minimum absolute atomic E-state index is 0.993. The van der Waals surface area contributed by atoms with Gasteiger partial charge >= 0.3 is 0 Å². The van der Waals surface area contributed by atoms with Crippen LogP contribution in [0.1, 0.15) is 74.2 Å². The van der Waals surface area contributed by atoms with Gasteiger partial charge in [0.05, 0.1) is 11.4 Å². The summed E-state index contributed by atoms with van der Waals surface area (Å²) in [5.74, 6) is 0. The summed E-state index contributed by atoms with van der Waals surface area (Å²) in [4.78, 5) is 12.3. The molecule has 0 aromatic carbocycles. The van der Waals surface area contributed by atoms with Crippen LogP contribution in [0.2, 0.25) is 0 Å². The average molecular weight is 426 g/mol. The highest BCUT2D eigenvalue weighted by atomic mass is 14.7. The Morgan fingerprint density at radius 2 is 1.03 bits per heavy atom. The zero-order valence-corrected chi connectivity index (χ0v) is 20.3. The number of hydrogen-bond acceptors (Lipinski definition) is 1. The number of allylic oxidation sites excluding steroid dienone is 2. The zero-order valence-electron chi connectivity index (χ0n) is 20.3. The van der Waals surface area contributed by atoms with Crippen LogP contribution in [0.5, 0.6) is 0 Å². The Labute approximate surface area is 191 Å². The second-order valence-corrected chi connectivity index (χ2v) is 8.56. The fraction of sp³-hybridized carbons (Fsp3) is 0.345. The molecule has 0 saturated heterocycles. The summed E-state index contributed by atoms with van der Waals surface area (Å²) in [6, 6.07) is 15.3. The molecule has 0 aliphatic carbocycles. The molecule has 3 heteroatoms. The van der Waals surface area contributed by atoms with Crippen LogP contribution in [0.4, 0.5) is 0 Å². The maximum absolute atomic E-state index is 4.99. The Morgan fingerprint density at radius 1 is 0.594 bits per heavy atom. The molecule has 4 heterocycles. The van der Waals surface area contributed by atoms with Crippen LogP contribution in [0.15, 0.2) is 42.5 Å². The van der Waals surface area contributed by atoms with Crippen LogP contribution in [0.3, 0.4) is 0 Å². The molecule has 0 amide bonds. The number of nitrogens with one attached hydrogen (secondary N) is 2. The van der Waals surface area contributed by atoms with Crippen LogP contribution in [-0.4, -0.2) is 15.0 Å². The first-order valence-corrected chi connectivity index (χ1v) is 12.0. The van der Waals surface area contributed by atoms with Crippen molar-refractivity contribution in [2.45, 2.75) is 67.2 Å². The van der Waals surface area contributed by atoms with Gasteiger partial charge in [-0.25, -0.2) is 4.98 Å². The topological polar surface area (TPSA) is 44.5 Å². The van der Waals surface area contributed by atoms with E-state index in [2.05, 4.69) is 94.0 Å². The molecule has 32 heavy (non-hydrogen) atoms. The SMILES string of the molecule is CCC1=C(CC)c2cccc3[nH]c(cc4[nH]c(cccc1n2)c(C)c4CC)c(CC)c3C. The van der Waals surface area contributed by atoms with E-state index in [1.54, 1.807) is 0 Å². The number of hydrogen-bond donors (Lipinski definition) is 2. The molecule has 4 rings (SSSR count). The number of H-pyrrole nitrogens is 2. The maximum atomic E-state index is 4.99. The highest BCUT2D eigenvalue weighted by molar-refractivity contribution is 5.91. The molecule has 0 radical (unpaired) electrons. The Morgan fingerprint density at radius 3 is 1.41 bits per heavy atom. The van der Waals surface area contributed by atoms with Crippen molar-refractivity contribution in [3.63, 3.8) is 0 Å². The highest BCUT2D eigenvalue weighted by Crippen LogP contribution is 2.33. The largest absolute Gasteiger partial charge is 0.355 e. The third-order valence-electron chi connectivity index (χ3n) is 6.86. The van der Waals surface area contributed by atoms with Gasteiger partial charge in [0.1, 0.15) is 0 Å². The van der Waals surface area contributed by atoms with Crippen LogP contribution in [0, 0.1) is 13.8 Å². The Hall–Kier alpha value is -3.07. The first-order chi connectivity index (χ1) is 15.5. The van der Waals surface area contributed by atoms with Crippen molar-refractivity contribution in [1.29, 1.82) is 0 Å². The van der Waals surface area contributed by atoms with Gasteiger partial charge < -0.3 is 9.97 Å². The lowest BCUT2D eigenvalue weighted by Gasteiger charge is -2.01. The van der Waals surface area contributed by atoms with Crippen molar-refractivity contribution >= 4 is 33.2 Å². The third kappa shape index (κ3) is 3.81. The molecule has 3 nitrogen and oxygen atoms in total. The fourth-order valence-electron chi connectivity index (χ4n) is 5.10. The highest BCUT2D eigenvalue weighted by Gasteiger charge is 2.16. The number of aryl methyl sites for hydroxylation is 4. The molecule has 0 fully saturated rings. The van der Waals surface area contributed by atoms with Gasteiger partial charge in [-0.15, -0.1) is 0 Å². The zero-order chi connectivity index (χ0) is 22.8. The molecule has 1 aliphatic rings. The van der Waals surface area contributed by atoms with Gasteiger partial charge in [-0.1, -0.05) is 39.8 Å². The van der Waals surface area contributed by atoms with E-state index in [0.29, 0.717) is 0 Å². The molecule has 2 N–H and O–H groups in total. The summed E-state index contributed by atoms with van der Waals surface area (Å²) in [5, 5.41) is 0. The number of aromatic nitrogens is 3. The van der Waals surface area contributed by atoms with Gasteiger partial charge in [-0.2, -0.15) is 0 Å². The van der Waals surface area contributed by atoms with Crippen LogP contribution >= 0.6 is 0 Å².